The first-order valence-electron chi connectivity index (χ1n) is 5.96. The van der Waals surface area contributed by atoms with Crippen molar-refractivity contribution in [3.05, 3.63) is 17.8 Å². The summed E-state index contributed by atoms with van der Waals surface area (Å²) >= 11 is 0. The van der Waals surface area contributed by atoms with Crippen LogP contribution < -0.4 is 11.1 Å². The second-order valence-electron chi connectivity index (χ2n) is 4.79. The second kappa shape index (κ2) is 6.30. The third kappa shape index (κ3) is 3.96. The van der Waals surface area contributed by atoms with E-state index >= 15 is 0 Å². The number of anilines is 1. The minimum Gasteiger partial charge on any atom is -0.367 e. The topological polar surface area (TPSA) is 84.1 Å². The molecule has 1 atom stereocenters. The van der Waals surface area contributed by atoms with E-state index in [0.717, 1.165) is 0 Å². The van der Waals surface area contributed by atoms with E-state index in [9.17, 15) is 4.79 Å². The highest BCUT2D eigenvalue weighted by atomic mass is 16.2. The highest BCUT2D eigenvalue weighted by Crippen LogP contribution is 2.05. The quantitative estimate of drug-likeness (QED) is 0.799. The first-order chi connectivity index (χ1) is 8.41. The van der Waals surface area contributed by atoms with Crippen molar-refractivity contribution in [1.82, 2.24) is 15.1 Å². The van der Waals surface area contributed by atoms with Crippen LogP contribution >= 0.6 is 0 Å². The van der Waals surface area contributed by atoms with Crippen LogP contribution in [0.3, 0.4) is 0 Å². The van der Waals surface area contributed by atoms with E-state index < -0.39 is 0 Å². The number of rotatable bonds is 5. The Kier molecular flexibility index (Phi) is 5.03. The van der Waals surface area contributed by atoms with Crippen LogP contribution in [0, 0.1) is 5.92 Å². The number of nitrogens with zero attached hydrogens (tertiary/aromatic N) is 3. The van der Waals surface area contributed by atoms with Gasteiger partial charge in [-0.15, -0.1) is 10.2 Å². The maximum absolute atomic E-state index is 11.6. The molecule has 1 heterocycles. The lowest BCUT2D eigenvalue weighted by Crippen LogP contribution is -2.34. The van der Waals surface area contributed by atoms with Crippen LogP contribution in [-0.4, -0.2) is 47.7 Å². The third-order valence-electron chi connectivity index (χ3n) is 2.67. The number of amides is 1. The number of aromatic nitrogens is 2. The normalized spacial score (nSPS) is 12.3. The summed E-state index contributed by atoms with van der Waals surface area (Å²) in [6.45, 7) is 4.76. The molecule has 0 fully saturated rings. The van der Waals surface area contributed by atoms with Gasteiger partial charge in [0.25, 0.3) is 5.91 Å². The monoisotopic (exact) mass is 251 g/mol. The fraction of sp³-hybridized carbons (Fsp3) is 0.583. The van der Waals surface area contributed by atoms with Gasteiger partial charge in [-0.2, -0.15) is 0 Å². The van der Waals surface area contributed by atoms with Crippen LogP contribution in [-0.2, 0) is 0 Å². The molecule has 3 N–H and O–H groups in total. The molecule has 1 rings (SSSR count). The van der Waals surface area contributed by atoms with E-state index in [1.165, 1.54) is 4.90 Å². The Morgan fingerprint density at radius 3 is 2.50 bits per heavy atom. The number of carbonyl (C=O) groups is 1. The predicted octanol–water partition coefficient (Wildman–Crippen LogP) is 0.574. The summed E-state index contributed by atoms with van der Waals surface area (Å²) in [7, 11) is 3.36. The van der Waals surface area contributed by atoms with Crippen LogP contribution in [0.5, 0.6) is 0 Å². The zero-order valence-corrected chi connectivity index (χ0v) is 11.3. The summed E-state index contributed by atoms with van der Waals surface area (Å²) in [5.74, 6) is 0.870. The Bertz CT molecular complexity index is 388. The van der Waals surface area contributed by atoms with Gasteiger partial charge in [0.2, 0.25) is 0 Å². The molecule has 0 bridgehead atoms. The molecule has 100 valence electrons. The van der Waals surface area contributed by atoms with Crippen molar-refractivity contribution in [1.29, 1.82) is 0 Å². The van der Waals surface area contributed by atoms with E-state index in [-0.39, 0.29) is 11.9 Å². The standard InChI is InChI=1S/C12H21N5O/c1-8(2)9(13)7-14-11-6-5-10(15-16-11)12(18)17(3)4/h5-6,8-9H,7,13H2,1-4H3,(H,14,16). The van der Waals surface area contributed by atoms with Gasteiger partial charge in [0, 0.05) is 26.7 Å². The Balaban J connectivity index is 2.58. The molecular formula is C12H21N5O. The van der Waals surface area contributed by atoms with Crippen LogP contribution in [0.15, 0.2) is 12.1 Å². The van der Waals surface area contributed by atoms with Gasteiger partial charge in [0.15, 0.2) is 5.69 Å². The molecule has 1 aromatic rings. The van der Waals surface area contributed by atoms with Crippen molar-refractivity contribution < 1.29 is 4.79 Å². The Labute approximate surface area is 108 Å². The fourth-order valence-electron chi connectivity index (χ4n) is 1.23. The number of carbonyl (C=O) groups excluding carboxylic acids is 1. The molecule has 0 aromatic carbocycles. The smallest absolute Gasteiger partial charge is 0.273 e. The average molecular weight is 251 g/mol. The first-order valence-corrected chi connectivity index (χ1v) is 5.96. The van der Waals surface area contributed by atoms with Gasteiger partial charge < -0.3 is 16.0 Å². The van der Waals surface area contributed by atoms with Crippen LogP contribution in [0.2, 0.25) is 0 Å². The van der Waals surface area contributed by atoms with Crippen molar-refractivity contribution in [3.63, 3.8) is 0 Å². The van der Waals surface area contributed by atoms with Crippen LogP contribution in [0.4, 0.5) is 5.82 Å². The minimum atomic E-state index is -0.159. The van der Waals surface area contributed by atoms with E-state index in [2.05, 4.69) is 29.4 Å². The molecular weight excluding hydrogens is 230 g/mol. The van der Waals surface area contributed by atoms with Gasteiger partial charge in [-0.05, 0) is 18.1 Å². The van der Waals surface area contributed by atoms with Crippen molar-refractivity contribution >= 4 is 11.7 Å². The molecule has 0 saturated carbocycles. The van der Waals surface area contributed by atoms with E-state index in [1.807, 2.05) is 0 Å². The maximum atomic E-state index is 11.6. The molecule has 1 amide bonds. The van der Waals surface area contributed by atoms with Gasteiger partial charge in [-0.25, -0.2) is 0 Å². The van der Waals surface area contributed by atoms with Gasteiger partial charge in [-0.3, -0.25) is 4.79 Å². The molecule has 0 saturated heterocycles. The Hall–Kier alpha value is -1.69. The molecule has 0 aliphatic carbocycles. The molecule has 1 unspecified atom stereocenters. The molecule has 0 radical (unpaired) electrons. The second-order valence-corrected chi connectivity index (χ2v) is 4.79. The summed E-state index contributed by atoms with van der Waals surface area (Å²) < 4.78 is 0. The summed E-state index contributed by atoms with van der Waals surface area (Å²) in [4.78, 5) is 13.1. The van der Waals surface area contributed by atoms with E-state index in [0.29, 0.717) is 24.0 Å². The summed E-state index contributed by atoms with van der Waals surface area (Å²) in [6.07, 6.45) is 0. The number of nitrogens with one attached hydrogen (secondary N) is 1. The zero-order valence-electron chi connectivity index (χ0n) is 11.3. The predicted molar refractivity (Wildman–Crippen MR) is 71.4 cm³/mol. The van der Waals surface area contributed by atoms with E-state index in [4.69, 9.17) is 5.73 Å². The van der Waals surface area contributed by atoms with Crippen molar-refractivity contribution in [3.8, 4) is 0 Å². The van der Waals surface area contributed by atoms with Crippen LogP contribution in [0.25, 0.3) is 0 Å². The lowest BCUT2D eigenvalue weighted by molar-refractivity contribution is 0.0821. The first kappa shape index (κ1) is 14.4. The zero-order chi connectivity index (χ0) is 13.7. The van der Waals surface area contributed by atoms with Gasteiger partial charge in [0.05, 0.1) is 0 Å². The summed E-state index contributed by atoms with van der Waals surface area (Å²) in [6, 6.07) is 3.45. The average Bonchev–Trinajstić information content (AvgIpc) is 2.35. The number of hydrogen-bond donors (Lipinski definition) is 2. The largest absolute Gasteiger partial charge is 0.367 e. The van der Waals surface area contributed by atoms with Gasteiger partial charge >= 0.3 is 0 Å². The highest BCUT2D eigenvalue weighted by molar-refractivity contribution is 5.91. The number of nitrogens with two attached hydrogens (primary N) is 1. The fourth-order valence-corrected chi connectivity index (χ4v) is 1.23. The molecule has 6 nitrogen and oxygen atoms in total. The van der Waals surface area contributed by atoms with Crippen molar-refractivity contribution in [2.75, 3.05) is 26.0 Å². The van der Waals surface area contributed by atoms with Crippen molar-refractivity contribution in [2.24, 2.45) is 11.7 Å². The molecule has 6 heteroatoms. The molecule has 0 aliphatic rings. The summed E-state index contributed by atoms with van der Waals surface area (Å²) in [5.41, 5.74) is 6.24. The lowest BCUT2D eigenvalue weighted by atomic mass is 10.1. The molecule has 18 heavy (non-hydrogen) atoms. The Morgan fingerprint density at radius 1 is 1.39 bits per heavy atom. The third-order valence-corrected chi connectivity index (χ3v) is 2.67. The highest BCUT2D eigenvalue weighted by Gasteiger charge is 2.11. The van der Waals surface area contributed by atoms with Gasteiger partial charge in [-0.1, -0.05) is 13.8 Å². The SMILES string of the molecule is CC(C)C(N)CNc1ccc(C(=O)N(C)C)nn1. The summed E-state index contributed by atoms with van der Waals surface area (Å²) in [5, 5.41) is 10.9. The minimum absolute atomic E-state index is 0.0647. The Morgan fingerprint density at radius 2 is 2.06 bits per heavy atom. The van der Waals surface area contributed by atoms with E-state index in [1.54, 1.807) is 26.2 Å². The molecule has 1 aromatic heterocycles. The molecule has 0 aliphatic heterocycles. The van der Waals surface area contributed by atoms with Crippen LogP contribution in [0.1, 0.15) is 24.3 Å². The maximum Gasteiger partial charge on any atom is 0.273 e. The lowest BCUT2D eigenvalue weighted by Gasteiger charge is -2.16. The molecule has 0 spiro atoms. The van der Waals surface area contributed by atoms with Crippen molar-refractivity contribution in [2.45, 2.75) is 19.9 Å². The van der Waals surface area contributed by atoms with Gasteiger partial charge in [0.1, 0.15) is 5.82 Å². The number of hydrogen-bond acceptors (Lipinski definition) is 5.